The molecule has 0 amide bonds. The van der Waals surface area contributed by atoms with Crippen LogP contribution in [0.3, 0.4) is 0 Å². The van der Waals surface area contributed by atoms with Crippen molar-refractivity contribution >= 4 is 5.96 Å². The van der Waals surface area contributed by atoms with Crippen LogP contribution in [0, 0.1) is 5.92 Å². The highest BCUT2D eigenvalue weighted by Crippen LogP contribution is 2.29. The largest absolute Gasteiger partial charge is 0.477 e. The Bertz CT molecular complexity index is 813. The second-order valence-corrected chi connectivity index (χ2v) is 6.79. The van der Waals surface area contributed by atoms with Crippen LogP contribution in [0.15, 0.2) is 47.6 Å². The number of aliphatic imine (C=N–C) groups is 1. The molecule has 0 atom stereocenters. The van der Waals surface area contributed by atoms with E-state index in [2.05, 4.69) is 25.3 Å². The number of hydrogen-bond acceptors (Lipinski definition) is 4. The maximum absolute atomic E-state index is 12.6. The van der Waals surface area contributed by atoms with E-state index >= 15 is 0 Å². The van der Waals surface area contributed by atoms with Gasteiger partial charge >= 0.3 is 6.61 Å². The number of ether oxygens (including phenoxy) is 2. The van der Waals surface area contributed by atoms with Gasteiger partial charge in [0.2, 0.25) is 5.88 Å². The minimum absolute atomic E-state index is 0.150. The van der Waals surface area contributed by atoms with Crippen molar-refractivity contribution in [3.63, 3.8) is 0 Å². The van der Waals surface area contributed by atoms with E-state index in [1.807, 2.05) is 19.1 Å². The molecule has 2 aromatic rings. The highest BCUT2D eigenvalue weighted by Gasteiger charge is 2.22. The van der Waals surface area contributed by atoms with Crippen molar-refractivity contribution in [3.8, 4) is 11.6 Å². The lowest BCUT2D eigenvalue weighted by Crippen LogP contribution is -2.36. The Labute approximate surface area is 169 Å². The Morgan fingerprint density at radius 2 is 2.07 bits per heavy atom. The molecule has 0 bridgehead atoms. The first-order valence-corrected chi connectivity index (χ1v) is 9.76. The van der Waals surface area contributed by atoms with E-state index in [0.29, 0.717) is 49.6 Å². The van der Waals surface area contributed by atoms with Gasteiger partial charge in [0.15, 0.2) is 5.96 Å². The number of rotatable bonds is 10. The fraction of sp³-hybridized carbons (Fsp3) is 0.429. The fourth-order valence-electron chi connectivity index (χ4n) is 2.67. The summed E-state index contributed by atoms with van der Waals surface area (Å²) in [5, 5.41) is 6.30. The number of benzene rings is 1. The maximum Gasteiger partial charge on any atom is 0.387 e. The Morgan fingerprint density at radius 1 is 1.24 bits per heavy atom. The van der Waals surface area contributed by atoms with Crippen LogP contribution in [-0.2, 0) is 13.1 Å². The summed E-state index contributed by atoms with van der Waals surface area (Å²) in [7, 11) is 0. The first-order chi connectivity index (χ1) is 14.1. The summed E-state index contributed by atoms with van der Waals surface area (Å²) in [6.45, 7) is 1.23. The lowest BCUT2D eigenvalue weighted by atomic mass is 10.2. The van der Waals surface area contributed by atoms with E-state index in [-0.39, 0.29) is 5.75 Å². The first kappa shape index (κ1) is 20.8. The Balaban J connectivity index is 1.59. The second kappa shape index (κ2) is 10.6. The summed E-state index contributed by atoms with van der Waals surface area (Å²) in [4.78, 5) is 8.79. The van der Waals surface area contributed by atoms with Crippen molar-refractivity contribution in [1.29, 1.82) is 0 Å². The molecule has 0 aliphatic heterocycles. The van der Waals surface area contributed by atoms with Crippen LogP contribution in [0.25, 0.3) is 0 Å². The van der Waals surface area contributed by atoms with Gasteiger partial charge in [0, 0.05) is 30.9 Å². The molecule has 1 fully saturated rings. The average Bonchev–Trinajstić information content (AvgIpc) is 3.54. The number of pyridine rings is 1. The van der Waals surface area contributed by atoms with Gasteiger partial charge in [-0.05, 0) is 43.4 Å². The number of alkyl halides is 2. The van der Waals surface area contributed by atoms with E-state index in [1.54, 1.807) is 24.4 Å². The molecular formula is C21H26F2N4O2. The summed E-state index contributed by atoms with van der Waals surface area (Å²) in [6, 6.07) is 10.5. The topological polar surface area (TPSA) is 67.8 Å². The van der Waals surface area contributed by atoms with Gasteiger partial charge in [0.1, 0.15) is 5.75 Å². The van der Waals surface area contributed by atoms with E-state index < -0.39 is 6.61 Å². The Morgan fingerprint density at radius 3 is 2.83 bits per heavy atom. The van der Waals surface area contributed by atoms with E-state index in [1.165, 1.54) is 18.9 Å². The number of guanidine groups is 1. The number of nitrogens with zero attached hydrogens (tertiary/aromatic N) is 2. The molecule has 8 heteroatoms. The van der Waals surface area contributed by atoms with Gasteiger partial charge in [-0.15, -0.1) is 0 Å². The second-order valence-electron chi connectivity index (χ2n) is 6.79. The van der Waals surface area contributed by atoms with Crippen molar-refractivity contribution in [2.75, 3.05) is 13.2 Å². The molecule has 1 aromatic carbocycles. The molecule has 0 spiro atoms. The summed E-state index contributed by atoms with van der Waals surface area (Å²) < 4.78 is 35.4. The SMILES string of the molecule is CCNC(=NCc1ccnc(OCC2CC2)c1)NCc1ccccc1OC(F)F. The van der Waals surface area contributed by atoms with Crippen LogP contribution >= 0.6 is 0 Å². The predicted molar refractivity (Wildman–Crippen MR) is 107 cm³/mol. The Hall–Kier alpha value is -2.90. The lowest BCUT2D eigenvalue weighted by Gasteiger charge is -2.14. The van der Waals surface area contributed by atoms with Crippen LogP contribution in [0.5, 0.6) is 11.6 Å². The van der Waals surface area contributed by atoms with Gasteiger partial charge in [-0.25, -0.2) is 9.98 Å². The highest BCUT2D eigenvalue weighted by atomic mass is 19.3. The van der Waals surface area contributed by atoms with Crippen molar-refractivity contribution in [2.24, 2.45) is 10.9 Å². The van der Waals surface area contributed by atoms with E-state index in [0.717, 1.165) is 5.56 Å². The third-order valence-corrected chi connectivity index (χ3v) is 4.36. The normalized spacial score (nSPS) is 14.0. The number of nitrogens with one attached hydrogen (secondary N) is 2. The first-order valence-electron chi connectivity index (χ1n) is 9.76. The number of aromatic nitrogens is 1. The number of para-hydroxylation sites is 1. The fourth-order valence-corrected chi connectivity index (χ4v) is 2.67. The highest BCUT2D eigenvalue weighted by molar-refractivity contribution is 5.79. The predicted octanol–water partition coefficient (Wildman–Crippen LogP) is 3.73. The lowest BCUT2D eigenvalue weighted by molar-refractivity contribution is -0.0504. The number of halogens is 2. The molecule has 1 aromatic heterocycles. The smallest absolute Gasteiger partial charge is 0.387 e. The van der Waals surface area contributed by atoms with Gasteiger partial charge in [-0.2, -0.15) is 8.78 Å². The molecule has 1 aliphatic rings. The zero-order valence-electron chi connectivity index (χ0n) is 16.4. The zero-order valence-corrected chi connectivity index (χ0v) is 16.4. The van der Waals surface area contributed by atoms with Crippen LogP contribution in [-0.4, -0.2) is 30.7 Å². The number of hydrogen-bond donors (Lipinski definition) is 2. The molecule has 1 aliphatic carbocycles. The van der Waals surface area contributed by atoms with Crippen LogP contribution in [0.4, 0.5) is 8.78 Å². The minimum Gasteiger partial charge on any atom is -0.477 e. The van der Waals surface area contributed by atoms with Crippen molar-refractivity contribution in [3.05, 3.63) is 53.7 Å². The zero-order chi connectivity index (χ0) is 20.5. The maximum atomic E-state index is 12.6. The summed E-state index contributed by atoms with van der Waals surface area (Å²) >= 11 is 0. The van der Waals surface area contributed by atoms with E-state index in [9.17, 15) is 8.78 Å². The molecule has 156 valence electrons. The molecule has 0 saturated heterocycles. The van der Waals surface area contributed by atoms with Gasteiger partial charge in [0.05, 0.1) is 13.2 Å². The molecular weight excluding hydrogens is 378 g/mol. The van der Waals surface area contributed by atoms with Gasteiger partial charge in [0.25, 0.3) is 0 Å². The van der Waals surface area contributed by atoms with Gasteiger partial charge in [-0.3, -0.25) is 0 Å². The third-order valence-electron chi connectivity index (χ3n) is 4.36. The van der Waals surface area contributed by atoms with Crippen LogP contribution in [0.2, 0.25) is 0 Å². The monoisotopic (exact) mass is 404 g/mol. The van der Waals surface area contributed by atoms with Crippen molar-refractivity contribution in [2.45, 2.75) is 39.5 Å². The molecule has 0 radical (unpaired) electrons. The van der Waals surface area contributed by atoms with Crippen molar-refractivity contribution in [1.82, 2.24) is 15.6 Å². The molecule has 1 heterocycles. The van der Waals surface area contributed by atoms with Gasteiger partial charge < -0.3 is 20.1 Å². The van der Waals surface area contributed by atoms with Crippen LogP contribution in [0.1, 0.15) is 30.9 Å². The van der Waals surface area contributed by atoms with Crippen molar-refractivity contribution < 1.29 is 18.3 Å². The molecule has 6 nitrogen and oxygen atoms in total. The standard InChI is InChI=1S/C21H26F2N4O2/c1-2-24-21(27-13-17-5-3-4-6-18(17)29-20(22)23)26-12-16-9-10-25-19(11-16)28-14-15-7-8-15/h3-6,9-11,15,20H,2,7-8,12-14H2,1H3,(H2,24,26,27). The van der Waals surface area contributed by atoms with E-state index in [4.69, 9.17) is 4.74 Å². The Kier molecular flexibility index (Phi) is 7.61. The summed E-state index contributed by atoms with van der Waals surface area (Å²) in [5.41, 5.74) is 1.60. The van der Waals surface area contributed by atoms with Gasteiger partial charge in [-0.1, -0.05) is 18.2 Å². The van der Waals surface area contributed by atoms with Crippen LogP contribution < -0.4 is 20.1 Å². The molecule has 2 N–H and O–H groups in total. The molecule has 29 heavy (non-hydrogen) atoms. The quantitative estimate of drug-likeness (QED) is 0.467. The summed E-state index contributed by atoms with van der Waals surface area (Å²) in [6.07, 6.45) is 4.17. The molecule has 0 unspecified atom stereocenters. The average molecular weight is 404 g/mol. The summed E-state index contributed by atoms with van der Waals surface area (Å²) in [5.74, 6) is 2.01. The minimum atomic E-state index is -2.86. The molecule has 3 rings (SSSR count). The molecule has 1 saturated carbocycles. The third kappa shape index (κ3) is 7.21.